The Kier molecular flexibility index (Phi) is 10.1. The molecule has 0 saturated heterocycles. The van der Waals surface area contributed by atoms with Gasteiger partial charge in [-0.15, -0.1) is 0 Å². The van der Waals surface area contributed by atoms with E-state index < -0.39 is 6.10 Å². The first-order chi connectivity index (χ1) is 10.7. The number of ether oxygens (including phenoxy) is 2. The van der Waals surface area contributed by atoms with Crippen molar-refractivity contribution in [2.24, 2.45) is 0 Å². The largest absolute Gasteiger partial charge is 0.388 e. The van der Waals surface area contributed by atoms with E-state index in [1.54, 1.807) is 14.2 Å². The zero-order valence-electron chi connectivity index (χ0n) is 14.3. The number of aliphatic hydroxyl groups is 1. The summed E-state index contributed by atoms with van der Waals surface area (Å²) in [6, 6.07) is 8.33. The number of hydrogen-bond donors (Lipinski definition) is 1. The Labute approximate surface area is 135 Å². The quantitative estimate of drug-likeness (QED) is 0.644. The van der Waals surface area contributed by atoms with Crippen LogP contribution in [-0.2, 0) is 15.9 Å². The van der Waals surface area contributed by atoms with Crippen molar-refractivity contribution in [3.8, 4) is 0 Å². The van der Waals surface area contributed by atoms with Crippen LogP contribution in [0.15, 0.2) is 24.3 Å². The summed E-state index contributed by atoms with van der Waals surface area (Å²) in [6.07, 6.45) is 2.55. The lowest BCUT2D eigenvalue weighted by Crippen LogP contribution is -2.32. The highest BCUT2D eigenvalue weighted by molar-refractivity contribution is 5.24. The van der Waals surface area contributed by atoms with E-state index in [1.165, 1.54) is 5.56 Å². The number of aliphatic hydroxyl groups excluding tert-OH is 1. The summed E-state index contributed by atoms with van der Waals surface area (Å²) in [6.45, 7) is 6.14. The van der Waals surface area contributed by atoms with Gasteiger partial charge in [-0.2, -0.15) is 0 Å². The Morgan fingerprint density at radius 3 is 2.09 bits per heavy atom. The molecular weight excluding hydrogens is 278 g/mol. The average molecular weight is 309 g/mol. The molecule has 4 nitrogen and oxygen atoms in total. The zero-order valence-corrected chi connectivity index (χ0v) is 14.3. The van der Waals surface area contributed by atoms with Gasteiger partial charge in [0.25, 0.3) is 0 Å². The second-order valence-electron chi connectivity index (χ2n) is 5.62. The molecule has 0 aliphatic rings. The van der Waals surface area contributed by atoms with E-state index in [9.17, 15) is 5.11 Å². The first-order valence-corrected chi connectivity index (χ1v) is 8.18. The van der Waals surface area contributed by atoms with Gasteiger partial charge in [-0.05, 0) is 24.0 Å². The fourth-order valence-corrected chi connectivity index (χ4v) is 2.44. The highest BCUT2D eigenvalue weighted by atomic mass is 16.5. The number of rotatable bonds is 12. The third-order valence-electron chi connectivity index (χ3n) is 3.85. The van der Waals surface area contributed by atoms with Gasteiger partial charge < -0.3 is 14.6 Å². The molecule has 126 valence electrons. The summed E-state index contributed by atoms with van der Waals surface area (Å²) in [5.74, 6) is 0. The van der Waals surface area contributed by atoms with Gasteiger partial charge in [0.15, 0.2) is 0 Å². The average Bonchev–Trinajstić information content (AvgIpc) is 2.55. The van der Waals surface area contributed by atoms with Gasteiger partial charge in [0, 0.05) is 33.9 Å². The minimum absolute atomic E-state index is 0.414. The summed E-state index contributed by atoms with van der Waals surface area (Å²) < 4.78 is 10.3. The van der Waals surface area contributed by atoms with Crippen LogP contribution in [-0.4, -0.2) is 57.1 Å². The number of nitrogens with zero attached hydrogens (tertiary/aromatic N) is 1. The van der Waals surface area contributed by atoms with Gasteiger partial charge in [-0.25, -0.2) is 0 Å². The molecule has 4 heteroatoms. The van der Waals surface area contributed by atoms with Gasteiger partial charge in [-0.3, -0.25) is 4.90 Å². The number of hydrogen-bond acceptors (Lipinski definition) is 4. The Morgan fingerprint density at radius 2 is 1.59 bits per heavy atom. The van der Waals surface area contributed by atoms with Crippen molar-refractivity contribution in [1.82, 2.24) is 4.90 Å². The molecule has 0 heterocycles. The van der Waals surface area contributed by atoms with Gasteiger partial charge >= 0.3 is 0 Å². The van der Waals surface area contributed by atoms with Gasteiger partial charge in [0.05, 0.1) is 19.3 Å². The second kappa shape index (κ2) is 11.6. The monoisotopic (exact) mass is 309 g/mol. The number of aryl methyl sites for hydroxylation is 1. The van der Waals surface area contributed by atoms with Gasteiger partial charge in [-0.1, -0.05) is 37.6 Å². The molecule has 22 heavy (non-hydrogen) atoms. The van der Waals surface area contributed by atoms with Crippen LogP contribution in [0.1, 0.15) is 37.0 Å². The second-order valence-corrected chi connectivity index (χ2v) is 5.62. The molecule has 1 aromatic carbocycles. The molecule has 0 radical (unpaired) electrons. The molecule has 1 aromatic rings. The van der Waals surface area contributed by atoms with Crippen molar-refractivity contribution < 1.29 is 14.6 Å². The molecule has 0 bridgehead atoms. The number of methoxy groups -OCH3 is 2. The normalized spacial score (nSPS) is 12.8. The van der Waals surface area contributed by atoms with Crippen LogP contribution in [0, 0.1) is 0 Å². The van der Waals surface area contributed by atoms with E-state index in [-0.39, 0.29) is 0 Å². The first-order valence-electron chi connectivity index (χ1n) is 8.18. The summed E-state index contributed by atoms with van der Waals surface area (Å²) in [4.78, 5) is 2.27. The molecule has 0 aliphatic heterocycles. The van der Waals surface area contributed by atoms with E-state index in [4.69, 9.17) is 9.47 Å². The SMILES string of the molecule is CCCc1ccc(C(O)CCN(CCOC)CCOC)cc1. The van der Waals surface area contributed by atoms with Crippen LogP contribution in [0.4, 0.5) is 0 Å². The molecule has 1 unspecified atom stereocenters. The molecule has 0 fully saturated rings. The van der Waals surface area contributed by atoms with Crippen LogP contribution in [0.2, 0.25) is 0 Å². The molecule has 0 spiro atoms. The third kappa shape index (κ3) is 7.36. The van der Waals surface area contributed by atoms with E-state index in [2.05, 4.69) is 24.0 Å². The third-order valence-corrected chi connectivity index (χ3v) is 3.85. The Bertz CT molecular complexity index is 372. The topological polar surface area (TPSA) is 41.9 Å². The van der Waals surface area contributed by atoms with E-state index in [0.29, 0.717) is 13.2 Å². The van der Waals surface area contributed by atoms with Crippen molar-refractivity contribution in [3.63, 3.8) is 0 Å². The minimum atomic E-state index is -0.414. The fourth-order valence-electron chi connectivity index (χ4n) is 2.44. The Balaban J connectivity index is 2.45. The highest BCUT2D eigenvalue weighted by Crippen LogP contribution is 2.18. The van der Waals surface area contributed by atoms with Crippen LogP contribution < -0.4 is 0 Å². The maximum Gasteiger partial charge on any atom is 0.0802 e. The Morgan fingerprint density at radius 1 is 1.00 bits per heavy atom. The van der Waals surface area contributed by atoms with Crippen LogP contribution in [0.25, 0.3) is 0 Å². The van der Waals surface area contributed by atoms with Crippen molar-refractivity contribution in [1.29, 1.82) is 0 Å². The lowest BCUT2D eigenvalue weighted by molar-refractivity contribution is 0.0945. The molecule has 1 N–H and O–H groups in total. The van der Waals surface area contributed by atoms with E-state index >= 15 is 0 Å². The predicted octanol–water partition coefficient (Wildman–Crippen LogP) is 2.66. The summed E-state index contributed by atoms with van der Waals surface area (Å²) in [5.41, 5.74) is 2.33. The lowest BCUT2D eigenvalue weighted by Gasteiger charge is -2.23. The first kappa shape index (κ1) is 19.1. The summed E-state index contributed by atoms with van der Waals surface area (Å²) in [5, 5.41) is 10.4. The molecular formula is C18H31NO3. The summed E-state index contributed by atoms with van der Waals surface area (Å²) >= 11 is 0. The molecule has 0 aromatic heterocycles. The van der Waals surface area contributed by atoms with Crippen LogP contribution >= 0.6 is 0 Å². The molecule has 1 rings (SSSR count). The maximum atomic E-state index is 10.4. The maximum absolute atomic E-state index is 10.4. The predicted molar refractivity (Wildman–Crippen MR) is 90.2 cm³/mol. The smallest absolute Gasteiger partial charge is 0.0802 e. The van der Waals surface area contributed by atoms with Gasteiger partial charge in [0.2, 0.25) is 0 Å². The van der Waals surface area contributed by atoms with Crippen molar-refractivity contribution >= 4 is 0 Å². The Hall–Kier alpha value is -0.940. The highest BCUT2D eigenvalue weighted by Gasteiger charge is 2.11. The van der Waals surface area contributed by atoms with Crippen LogP contribution in [0.3, 0.4) is 0 Å². The zero-order chi connectivity index (χ0) is 16.2. The minimum Gasteiger partial charge on any atom is -0.388 e. The van der Waals surface area contributed by atoms with Crippen molar-refractivity contribution in [2.45, 2.75) is 32.3 Å². The van der Waals surface area contributed by atoms with Crippen molar-refractivity contribution in [2.75, 3.05) is 47.1 Å². The van der Waals surface area contributed by atoms with Crippen molar-refractivity contribution in [3.05, 3.63) is 35.4 Å². The molecule has 0 amide bonds. The van der Waals surface area contributed by atoms with E-state index in [0.717, 1.165) is 44.5 Å². The lowest BCUT2D eigenvalue weighted by atomic mass is 10.0. The molecule has 0 aliphatic carbocycles. The van der Waals surface area contributed by atoms with Crippen LogP contribution in [0.5, 0.6) is 0 Å². The fraction of sp³-hybridized carbons (Fsp3) is 0.667. The van der Waals surface area contributed by atoms with Gasteiger partial charge in [0.1, 0.15) is 0 Å². The standard InChI is InChI=1S/C18H31NO3/c1-4-5-16-6-8-17(9-7-16)18(20)10-11-19(12-14-21-2)13-15-22-3/h6-9,18,20H,4-5,10-15H2,1-3H3. The van der Waals surface area contributed by atoms with E-state index in [1.807, 2.05) is 12.1 Å². The molecule has 0 saturated carbocycles. The molecule has 1 atom stereocenters. The number of benzene rings is 1. The summed E-state index contributed by atoms with van der Waals surface area (Å²) in [7, 11) is 3.42.